The molecule has 246 valence electrons. The van der Waals surface area contributed by atoms with Gasteiger partial charge >= 0.3 is 7.82 Å². The van der Waals surface area contributed by atoms with Crippen molar-refractivity contribution in [3.05, 3.63) is 46.5 Å². The Morgan fingerprint density at radius 3 is 2.14 bits per heavy atom. The molecule has 3 aliphatic rings. The Labute approximate surface area is 262 Å². The minimum atomic E-state index is -4.64. The summed E-state index contributed by atoms with van der Waals surface area (Å²) in [6, 6.07) is 9.73. The first kappa shape index (κ1) is 34.5. The normalized spacial score (nSPS) is 23.0. The van der Waals surface area contributed by atoms with Gasteiger partial charge in [0.2, 0.25) is 0 Å². The Balaban J connectivity index is 0.000000818. The summed E-state index contributed by atoms with van der Waals surface area (Å²) in [6.45, 7) is 10.9. The summed E-state index contributed by atoms with van der Waals surface area (Å²) in [4.78, 5) is 24.3. The van der Waals surface area contributed by atoms with Crippen molar-refractivity contribution in [3.63, 3.8) is 0 Å². The molecule has 44 heavy (non-hydrogen) atoms. The van der Waals surface area contributed by atoms with Crippen LogP contribution in [0, 0.1) is 17.8 Å². The Bertz CT molecular complexity index is 1290. The van der Waals surface area contributed by atoms with Crippen LogP contribution in [0.15, 0.2) is 24.3 Å². The van der Waals surface area contributed by atoms with Crippen LogP contribution in [-0.4, -0.2) is 67.2 Å². The van der Waals surface area contributed by atoms with E-state index in [0.717, 1.165) is 68.4 Å². The van der Waals surface area contributed by atoms with Gasteiger partial charge in [0.15, 0.2) is 23.0 Å². The molecule has 1 saturated heterocycles. The maximum absolute atomic E-state index is 8.88. The average Bonchev–Trinajstić information content (AvgIpc) is 2.98. The number of hydrogen-bond donors (Lipinski definition) is 4. The first-order valence-corrected chi connectivity index (χ1v) is 17.4. The van der Waals surface area contributed by atoms with Crippen molar-refractivity contribution >= 4 is 7.82 Å². The summed E-state index contributed by atoms with van der Waals surface area (Å²) >= 11 is 0. The van der Waals surface area contributed by atoms with Crippen molar-refractivity contribution in [2.75, 3.05) is 47.6 Å². The standard InChI is InChI=1S/C33H48N2O4.H3O4P/c1-7-22-20-35-12-9-24-16-30(36-4)31(37-5)19-27(24)29(35)15-25(22)14-28-26-18-32(38-6)33(39-13-10-21(2)3)17-23(26)8-11-34-28;1-5(2,3)4/h16-19,21-22,25,28-29,34H,7-15,20H2,1-6H3;(H3,1,2,3,4). The van der Waals surface area contributed by atoms with Crippen LogP contribution in [-0.2, 0) is 17.4 Å². The van der Waals surface area contributed by atoms with Crippen LogP contribution in [0.4, 0.5) is 0 Å². The lowest BCUT2D eigenvalue weighted by atomic mass is 9.72. The number of phosphoric acid groups is 1. The van der Waals surface area contributed by atoms with Gasteiger partial charge in [-0.25, -0.2) is 4.57 Å². The molecule has 0 amide bonds. The highest BCUT2D eigenvalue weighted by Gasteiger charge is 2.40. The highest BCUT2D eigenvalue weighted by Crippen LogP contribution is 2.48. The van der Waals surface area contributed by atoms with Crippen LogP contribution in [0.2, 0.25) is 0 Å². The van der Waals surface area contributed by atoms with Crippen LogP contribution >= 0.6 is 7.82 Å². The fourth-order valence-electron chi connectivity index (χ4n) is 7.09. The van der Waals surface area contributed by atoms with Gasteiger partial charge in [-0.2, -0.15) is 0 Å². The number of methoxy groups -OCH3 is 3. The smallest absolute Gasteiger partial charge is 0.466 e. The van der Waals surface area contributed by atoms with Crippen molar-refractivity contribution in [1.29, 1.82) is 0 Å². The molecule has 3 heterocycles. The molecule has 5 rings (SSSR count). The molecule has 0 saturated carbocycles. The van der Waals surface area contributed by atoms with Gasteiger partial charge < -0.3 is 38.9 Å². The van der Waals surface area contributed by atoms with Crippen molar-refractivity contribution in [3.8, 4) is 23.0 Å². The number of ether oxygens (including phenoxy) is 4. The number of rotatable bonds is 10. The van der Waals surface area contributed by atoms with Gasteiger partial charge in [0.1, 0.15) is 0 Å². The van der Waals surface area contributed by atoms with E-state index in [1.165, 1.54) is 41.6 Å². The molecule has 4 atom stereocenters. The monoisotopic (exact) mass is 634 g/mol. The predicted molar refractivity (Wildman–Crippen MR) is 171 cm³/mol. The number of benzene rings is 2. The predicted octanol–water partition coefficient (Wildman–Crippen LogP) is 5.43. The number of fused-ring (bicyclic) bond motifs is 4. The number of nitrogens with zero attached hydrogens (tertiary/aromatic N) is 1. The van der Waals surface area contributed by atoms with E-state index in [4.69, 9.17) is 38.2 Å². The molecular weight excluding hydrogens is 583 g/mol. The minimum absolute atomic E-state index is 0.339. The quantitative estimate of drug-likeness (QED) is 0.251. The topological polar surface area (TPSA) is 130 Å². The molecule has 0 bridgehead atoms. The molecular formula is C33H51N2O8P. The first-order valence-electron chi connectivity index (χ1n) is 15.8. The van der Waals surface area contributed by atoms with Crippen molar-refractivity contribution < 1.29 is 38.2 Å². The van der Waals surface area contributed by atoms with Gasteiger partial charge in [0.05, 0.1) is 27.9 Å². The summed E-state index contributed by atoms with van der Waals surface area (Å²) in [6.07, 6.45) is 6.70. The van der Waals surface area contributed by atoms with E-state index in [2.05, 4.69) is 55.3 Å². The SMILES string of the molecule is CCC1CN2CCc3cc(OC)c(OC)cc3C2CC1CC1NCCc2cc(OCCC(C)C)c(OC)cc21.O=P(O)(O)O. The fourth-order valence-corrected chi connectivity index (χ4v) is 7.09. The molecule has 4 unspecified atom stereocenters. The van der Waals surface area contributed by atoms with Crippen LogP contribution in [0.1, 0.15) is 80.8 Å². The summed E-state index contributed by atoms with van der Waals surface area (Å²) in [5, 5.41) is 3.87. The maximum atomic E-state index is 8.88. The van der Waals surface area contributed by atoms with E-state index < -0.39 is 7.82 Å². The van der Waals surface area contributed by atoms with Gasteiger partial charge in [0, 0.05) is 25.2 Å². The van der Waals surface area contributed by atoms with Crippen LogP contribution in [0.5, 0.6) is 23.0 Å². The molecule has 1 fully saturated rings. The van der Waals surface area contributed by atoms with Crippen molar-refractivity contribution in [2.45, 2.75) is 71.4 Å². The van der Waals surface area contributed by atoms with Gasteiger partial charge in [-0.3, -0.25) is 4.90 Å². The lowest BCUT2D eigenvalue weighted by Gasteiger charge is -2.48. The van der Waals surface area contributed by atoms with E-state index in [9.17, 15) is 0 Å². The molecule has 0 spiro atoms. The van der Waals surface area contributed by atoms with Crippen LogP contribution in [0.3, 0.4) is 0 Å². The molecule has 10 nitrogen and oxygen atoms in total. The third-order valence-electron chi connectivity index (χ3n) is 9.38. The summed E-state index contributed by atoms with van der Waals surface area (Å²) in [7, 11) is 0.588. The number of nitrogens with one attached hydrogen (secondary N) is 1. The maximum Gasteiger partial charge on any atom is 0.466 e. The highest BCUT2D eigenvalue weighted by atomic mass is 31.2. The van der Waals surface area contributed by atoms with E-state index in [1.807, 2.05) is 0 Å². The second kappa shape index (κ2) is 15.3. The van der Waals surface area contributed by atoms with E-state index in [1.54, 1.807) is 21.3 Å². The molecule has 0 radical (unpaired) electrons. The van der Waals surface area contributed by atoms with Gasteiger partial charge in [-0.15, -0.1) is 0 Å². The number of hydrogen-bond acceptors (Lipinski definition) is 7. The highest BCUT2D eigenvalue weighted by molar-refractivity contribution is 7.45. The zero-order valence-corrected chi connectivity index (χ0v) is 27.9. The molecule has 4 N–H and O–H groups in total. The lowest BCUT2D eigenvalue weighted by molar-refractivity contribution is 0.0434. The first-order chi connectivity index (χ1) is 20.9. The average molecular weight is 635 g/mol. The third-order valence-corrected chi connectivity index (χ3v) is 9.38. The zero-order chi connectivity index (χ0) is 32.0. The van der Waals surface area contributed by atoms with Gasteiger partial charge in [-0.05, 0) is 103 Å². The molecule has 2 aromatic carbocycles. The van der Waals surface area contributed by atoms with E-state index in [0.29, 0.717) is 29.8 Å². The second-order valence-corrected chi connectivity index (χ2v) is 13.6. The van der Waals surface area contributed by atoms with E-state index >= 15 is 0 Å². The molecule has 11 heteroatoms. The van der Waals surface area contributed by atoms with Crippen LogP contribution in [0.25, 0.3) is 0 Å². The fraction of sp³-hybridized carbons (Fsp3) is 0.636. The Morgan fingerprint density at radius 2 is 1.50 bits per heavy atom. The Kier molecular flexibility index (Phi) is 12.0. The van der Waals surface area contributed by atoms with Crippen molar-refractivity contribution in [2.24, 2.45) is 17.8 Å². The Hall–Kier alpha value is -2.33. The number of piperidine rings is 1. The van der Waals surface area contributed by atoms with Gasteiger partial charge in [0.25, 0.3) is 0 Å². The molecule has 0 aliphatic carbocycles. The summed E-state index contributed by atoms with van der Waals surface area (Å²) in [5.41, 5.74) is 5.64. The molecule has 2 aromatic rings. The van der Waals surface area contributed by atoms with Crippen molar-refractivity contribution in [1.82, 2.24) is 10.2 Å². The Morgan fingerprint density at radius 1 is 0.909 bits per heavy atom. The summed E-state index contributed by atoms with van der Waals surface area (Å²) < 4.78 is 32.2. The second-order valence-electron chi connectivity index (χ2n) is 12.6. The summed E-state index contributed by atoms with van der Waals surface area (Å²) in [5.74, 6) is 5.40. The lowest BCUT2D eigenvalue weighted by Crippen LogP contribution is -2.46. The largest absolute Gasteiger partial charge is 0.493 e. The third kappa shape index (κ3) is 8.68. The molecule has 0 aromatic heterocycles. The minimum Gasteiger partial charge on any atom is -0.493 e. The zero-order valence-electron chi connectivity index (χ0n) is 27.0. The van der Waals surface area contributed by atoms with E-state index in [-0.39, 0.29) is 0 Å². The van der Waals surface area contributed by atoms with Crippen LogP contribution < -0.4 is 24.3 Å². The molecule has 3 aliphatic heterocycles. The van der Waals surface area contributed by atoms with Gasteiger partial charge in [-0.1, -0.05) is 27.2 Å².